The fourth-order valence-corrected chi connectivity index (χ4v) is 5.25. The van der Waals surface area contributed by atoms with Gasteiger partial charge in [-0.3, -0.25) is 9.59 Å². The Balaban J connectivity index is 1.79. The Morgan fingerprint density at radius 2 is 2.04 bits per heavy atom. The van der Waals surface area contributed by atoms with E-state index in [-0.39, 0.29) is 5.78 Å². The van der Waals surface area contributed by atoms with Gasteiger partial charge in [0.1, 0.15) is 11.6 Å². The number of thioether (sulfide) groups is 1. The highest BCUT2D eigenvalue weighted by atomic mass is 32.2. The largest absolute Gasteiger partial charge is 0.480 e. The van der Waals surface area contributed by atoms with Crippen molar-refractivity contribution in [3.8, 4) is 0 Å². The zero-order valence-electron chi connectivity index (χ0n) is 14.9. The van der Waals surface area contributed by atoms with Gasteiger partial charge in [-0.05, 0) is 68.6 Å². The SMILES string of the molecule is CC1=C(CSCC[C@H](N)C(=O)O)C2=C(C)C3(CC3)[C@@](C)(O)C(=O)C2=C1. The monoisotopic (exact) mass is 363 g/mol. The van der Waals surface area contributed by atoms with E-state index >= 15 is 0 Å². The minimum atomic E-state index is -1.32. The molecule has 25 heavy (non-hydrogen) atoms. The number of carbonyl (C=O) groups excluding carboxylic acids is 1. The third-order valence-corrected chi connectivity index (χ3v) is 7.02. The number of rotatable bonds is 6. The maximum atomic E-state index is 12.8. The molecule has 0 aromatic rings. The first-order valence-electron chi connectivity index (χ1n) is 8.60. The van der Waals surface area contributed by atoms with Crippen molar-refractivity contribution in [2.75, 3.05) is 11.5 Å². The van der Waals surface area contributed by atoms with Crippen molar-refractivity contribution in [2.45, 2.75) is 51.7 Å². The fourth-order valence-electron chi connectivity index (χ4n) is 4.11. The summed E-state index contributed by atoms with van der Waals surface area (Å²) in [6.07, 6.45) is 4.01. The smallest absolute Gasteiger partial charge is 0.320 e. The van der Waals surface area contributed by atoms with Crippen LogP contribution in [0.3, 0.4) is 0 Å². The molecule has 0 unspecified atom stereocenters. The molecule has 3 aliphatic carbocycles. The Bertz CT molecular complexity index is 741. The normalized spacial score (nSPS) is 28.4. The van der Waals surface area contributed by atoms with Crippen LogP contribution in [0, 0.1) is 5.41 Å². The van der Waals surface area contributed by atoms with Crippen LogP contribution in [0.5, 0.6) is 0 Å². The van der Waals surface area contributed by atoms with E-state index in [2.05, 4.69) is 0 Å². The first-order valence-corrected chi connectivity index (χ1v) is 9.76. The number of carbonyl (C=O) groups is 2. The van der Waals surface area contributed by atoms with Gasteiger partial charge in [-0.15, -0.1) is 0 Å². The predicted octanol–water partition coefficient (Wildman–Crippen LogP) is 2.21. The number of allylic oxidation sites excluding steroid dienone is 3. The van der Waals surface area contributed by atoms with Crippen molar-refractivity contribution in [2.24, 2.45) is 11.1 Å². The molecule has 3 rings (SSSR count). The summed E-state index contributed by atoms with van der Waals surface area (Å²) >= 11 is 1.64. The molecule has 1 spiro atoms. The highest BCUT2D eigenvalue weighted by Gasteiger charge is 2.64. The standard InChI is InChI=1S/C19H25NO4S/c1-10-8-12-15(13(10)9-25-7-4-14(20)17(22)23)11(2)19(5-6-19)18(3,24)16(12)21/h8,14,24H,4-7,9,20H2,1-3H3,(H,22,23)/t14-,18-/m0/s1. The van der Waals surface area contributed by atoms with E-state index in [0.717, 1.165) is 40.9 Å². The van der Waals surface area contributed by atoms with Gasteiger partial charge in [-0.1, -0.05) is 5.57 Å². The van der Waals surface area contributed by atoms with E-state index in [4.69, 9.17) is 10.8 Å². The molecular weight excluding hydrogens is 338 g/mol. The highest BCUT2D eigenvalue weighted by Crippen LogP contribution is 2.65. The number of carboxylic acids is 1. The lowest BCUT2D eigenvalue weighted by molar-refractivity contribution is -0.138. The average Bonchev–Trinajstić information content (AvgIpc) is 3.29. The second-order valence-corrected chi connectivity index (χ2v) is 8.59. The summed E-state index contributed by atoms with van der Waals surface area (Å²) in [5.74, 6) is 0.229. The van der Waals surface area contributed by atoms with E-state index in [9.17, 15) is 14.7 Å². The number of carboxylic acid groups (broad SMARTS) is 1. The van der Waals surface area contributed by atoms with Crippen molar-refractivity contribution in [1.29, 1.82) is 0 Å². The molecule has 0 bridgehead atoms. The van der Waals surface area contributed by atoms with Crippen LogP contribution < -0.4 is 5.73 Å². The molecule has 6 heteroatoms. The molecule has 1 fully saturated rings. The first kappa shape index (κ1) is 18.4. The molecule has 4 N–H and O–H groups in total. The second kappa shape index (κ2) is 6.11. The minimum Gasteiger partial charge on any atom is -0.480 e. The Hall–Kier alpha value is -1.37. The number of aliphatic carboxylic acids is 1. The number of fused-ring (bicyclic) bond motifs is 1. The molecular formula is C19H25NO4S. The van der Waals surface area contributed by atoms with Crippen molar-refractivity contribution >= 4 is 23.5 Å². The quantitative estimate of drug-likeness (QED) is 0.626. The Labute approximate surface area is 152 Å². The highest BCUT2D eigenvalue weighted by molar-refractivity contribution is 7.99. The number of hydrogen-bond donors (Lipinski definition) is 3. The molecule has 1 saturated carbocycles. The van der Waals surface area contributed by atoms with Gasteiger partial charge in [0.15, 0.2) is 5.78 Å². The molecule has 136 valence electrons. The van der Waals surface area contributed by atoms with Crippen LogP contribution >= 0.6 is 11.8 Å². The summed E-state index contributed by atoms with van der Waals surface area (Å²) < 4.78 is 0. The number of ketones is 1. The molecule has 0 amide bonds. The zero-order valence-corrected chi connectivity index (χ0v) is 15.7. The van der Waals surface area contributed by atoms with Gasteiger partial charge in [-0.2, -0.15) is 11.8 Å². The molecule has 3 aliphatic rings. The summed E-state index contributed by atoms with van der Waals surface area (Å²) in [7, 11) is 0. The van der Waals surface area contributed by atoms with Crippen molar-refractivity contribution in [1.82, 2.24) is 0 Å². The van der Waals surface area contributed by atoms with Crippen molar-refractivity contribution < 1.29 is 19.8 Å². The third-order valence-electron chi connectivity index (χ3n) is 6.01. The first-order chi connectivity index (χ1) is 11.6. The van der Waals surface area contributed by atoms with Gasteiger partial charge < -0.3 is 15.9 Å². The molecule has 0 heterocycles. The Kier molecular flexibility index (Phi) is 4.50. The zero-order chi connectivity index (χ0) is 18.6. The maximum absolute atomic E-state index is 12.8. The van der Waals surface area contributed by atoms with Crippen LogP contribution in [0.2, 0.25) is 0 Å². The summed E-state index contributed by atoms with van der Waals surface area (Å²) in [6, 6.07) is -0.832. The van der Waals surface area contributed by atoms with Gasteiger partial charge >= 0.3 is 5.97 Å². The lowest BCUT2D eigenvalue weighted by Crippen LogP contribution is -2.49. The van der Waals surface area contributed by atoms with E-state index in [1.165, 1.54) is 0 Å². The van der Waals surface area contributed by atoms with E-state index in [1.54, 1.807) is 18.7 Å². The average molecular weight is 363 g/mol. The number of hydrogen-bond acceptors (Lipinski definition) is 5. The van der Waals surface area contributed by atoms with Crippen LogP contribution in [0.15, 0.2) is 33.9 Å². The van der Waals surface area contributed by atoms with Gasteiger partial charge in [0.05, 0.1) is 0 Å². The molecule has 0 aliphatic heterocycles. The molecule has 5 nitrogen and oxygen atoms in total. The summed E-state index contributed by atoms with van der Waals surface area (Å²) in [5, 5.41) is 19.7. The molecule has 0 aromatic heterocycles. The summed E-state index contributed by atoms with van der Waals surface area (Å²) in [4.78, 5) is 23.6. The van der Waals surface area contributed by atoms with Gasteiger partial charge in [0, 0.05) is 16.7 Å². The fraction of sp³-hybridized carbons (Fsp3) is 0.579. The molecule has 2 atom stereocenters. The number of Topliss-reactive ketones (excluding diaryl/α,β-unsaturated/α-hetero) is 1. The lowest BCUT2D eigenvalue weighted by Gasteiger charge is -2.39. The summed E-state index contributed by atoms with van der Waals surface area (Å²) in [6.45, 7) is 5.69. The second-order valence-electron chi connectivity index (χ2n) is 7.49. The molecule has 0 saturated heterocycles. The van der Waals surface area contributed by atoms with E-state index < -0.39 is 23.0 Å². The van der Waals surface area contributed by atoms with Gasteiger partial charge in [0.2, 0.25) is 0 Å². The van der Waals surface area contributed by atoms with Crippen LogP contribution in [-0.2, 0) is 9.59 Å². The molecule has 0 aromatic carbocycles. The van der Waals surface area contributed by atoms with Crippen LogP contribution in [-0.4, -0.2) is 45.1 Å². The van der Waals surface area contributed by atoms with E-state index in [0.29, 0.717) is 17.7 Å². The van der Waals surface area contributed by atoms with Crippen molar-refractivity contribution in [3.05, 3.63) is 33.9 Å². The third kappa shape index (κ3) is 2.71. The van der Waals surface area contributed by atoms with Crippen molar-refractivity contribution in [3.63, 3.8) is 0 Å². The summed E-state index contributed by atoms with van der Waals surface area (Å²) in [5.41, 5.74) is 8.79. The Morgan fingerprint density at radius 1 is 1.40 bits per heavy atom. The Morgan fingerprint density at radius 3 is 2.60 bits per heavy atom. The van der Waals surface area contributed by atoms with Gasteiger partial charge in [-0.25, -0.2) is 0 Å². The van der Waals surface area contributed by atoms with E-state index in [1.807, 2.05) is 19.9 Å². The van der Waals surface area contributed by atoms with Crippen LogP contribution in [0.4, 0.5) is 0 Å². The lowest BCUT2D eigenvalue weighted by atomic mass is 9.67. The minimum absolute atomic E-state index is 0.169. The van der Waals surface area contributed by atoms with Crippen LogP contribution in [0.25, 0.3) is 0 Å². The number of aliphatic hydroxyl groups is 1. The van der Waals surface area contributed by atoms with Crippen LogP contribution in [0.1, 0.15) is 40.0 Å². The topological polar surface area (TPSA) is 101 Å². The predicted molar refractivity (Wildman–Crippen MR) is 98.3 cm³/mol. The molecule has 0 radical (unpaired) electrons. The maximum Gasteiger partial charge on any atom is 0.320 e. The number of nitrogens with two attached hydrogens (primary N) is 1. The van der Waals surface area contributed by atoms with Gasteiger partial charge in [0.25, 0.3) is 0 Å².